The van der Waals surface area contributed by atoms with Crippen molar-refractivity contribution in [1.82, 2.24) is 10.3 Å². The number of benzene rings is 1. The molecule has 124 valence electrons. The molecule has 0 radical (unpaired) electrons. The molecule has 0 aliphatic carbocycles. The van der Waals surface area contributed by atoms with Crippen LogP contribution in [0.25, 0.3) is 0 Å². The lowest BCUT2D eigenvalue weighted by Gasteiger charge is -2.09. The van der Waals surface area contributed by atoms with Gasteiger partial charge in [-0.1, -0.05) is 18.2 Å². The summed E-state index contributed by atoms with van der Waals surface area (Å²) in [6.07, 6.45) is 2.91. The van der Waals surface area contributed by atoms with Crippen LogP contribution in [-0.2, 0) is 6.54 Å². The maximum absolute atomic E-state index is 12.2. The van der Waals surface area contributed by atoms with E-state index in [2.05, 4.69) is 10.3 Å². The number of hydrogen-bond donors (Lipinski definition) is 2. The van der Waals surface area contributed by atoms with Crippen molar-refractivity contribution >= 4 is 29.0 Å². The van der Waals surface area contributed by atoms with E-state index in [-0.39, 0.29) is 11.9 Å². The van der Waals surface area contributed by atoms with Crippen LogP contribution in [0.1, 0.15) is 33.5 Å². The lowest BCUT2D eigenvalue weighted by atomic mass is 10.2. The number of carbonyl (C=O) groups is 1. The third-order valence-corrected chi connectivity index (χ3v) is 4.96. The number of aromatic nitrogens is 1. The lowest BCUT2D eigenvalue weighted by Crippen LogP contribution is -2.23. The van der Waals surface area contributed by atoms with E-state index in [1.807, 2.05) is 30.5 Å². The van der Waals surface area contributed by atoms with Gasteiger partial charge in [0.2, 0.25) is 0 Å². The van der Waals surface area contributed by atoms with Crippen LogP contribution in [0.15, 0.2) is 29.6 Å². The Morgan fingerprint density at radius 2 is 2.26 bits per heavy atom. The van der Waals surface area contributed by atoms with Crippen LogP contribution >= 0.6 is 23.1 Å². The highest BCUT2D eigenvalue weighted by atomic mass is 32.2. The Bertz CT molecular complexity index is 646. The number of nitrogens with one attached hydrogen (secondary N) is 1. The molecule has 1 atom stereocenters. The van der Waals surface area contributed by atoms with Crippen molar-refractivity contribution in [3.8, 4) is 5.75 Å². The molecule has 7 heteroatoms. The van der Waals surface area contributed by atoms with Crippen molar-refractivity contribution in [2.75, 3.05) is 19.1 Å². The fourth-order valence-electron chi connectivity index (χ4n) is 2.05. The Hall–Kier alpha value is -1.57. The zero-order chi connectivity index (χ0) is 16.7. The Kier molecular flexibility index (Phi) is 6.88. The normalized spacial score (nSPS) is 12.0. The van der Waals surface area contributed by atoms with E-state index in [1.165, 1.54) is 11.3 Å². The monoisotopic (exact) mass is 351 g/mol. The maximum atomic E-state index is 12.2. The molecular weight excluding hydrogens is 330 g/mol. The van der Waals surface area contributed by atoms with Gasteiger partial charge in [0.05, 0.1) is 13.2 Å². The van der Waals surface area contributed by atoms with Gasteiger partial charge in [0.1, 0.15) is 16.5 Å². The van der Waals surface area contributed by atoms with Crippen LogP contribution in [0.3, 0.4) is 0 Å². The predicted molar refractivity (Wildman–Crippen MR) is 96.2 cm³/mol. The smallest absolute Gasteiger partial charge is 0.271 e. The summed E-state index contributed by atoms with van der Waals surface area (Å²) >= 11 is 3.19. The average Bonchev–Trinajstić information content (AvgIpc) is 3.08. The number of amides is 1. The zero-order valence-electron chi connectivity index (χ0n) is 13.2. The minimum atomic E-state index is -0.199. The number of methoxy groups -OCH3 is 1. The van der Waals surface area contributed by atoms with Crippen molar-refractivity contribution in [2.24, 2.45) is 5.73 Å². The molecule has 2 aromatic rings. The van der Waals surface area contributed by atoms with E-state index in [0.29, 0.717) is 12.2 Å². The Morgan fingerprint density at radius 3 is 3.00 bits per heavy atom. The summed E-state index contributed by atoms with van der Waals surface area (Å²) in [6.45, 7) is 0.397. The highest BCUT2D eigenvalue weighted by Gasteiger charge is 2.15. The topological polar surface area (TPSA) is 77.2 Å². The number of thiazole rings is 1. The summed E-state index contributed by atoms with van der Waals surface area (Å²) in [5.74, 6) is 1.54. The third-order valence-electron chi connectivity index (χ3n) is 3.34. The minimum Gasteiger partial charge on any atom is -0.496 e. The second-order valence-electron chi connectivity index (χ2n) is 4.95. The number of rotatable bonds is 8. The third kappa shape index (κ3) is 4.95. The highest BCUT2D eigenvalue weighted by molar-refractivity contribution is 7.98. The van der Waals surface area contributed by atoms with E-state index in [4.69, 9.17) is 10.5 Å². The molecule has 1 unspecified atom stereocenters. The van der Waals surface area contributed by atoms with E-state index < -0.39 is 0 Å². The van der Waals surface area contributed by atoms with Gasteiger partial charge in [0.25, 0.3) is 5.91 Å². The van der Waals surface area contributed by atoms with Gasteiger partial charge in [-0.25, -0.2) is 4.98 Å². The molecule has 0 aliphatic rings. The van der Waals surface area contributed by atoms with Crippen molar-refractivity contribution < 1.29 is 9.53 Å². The van der Waals surface area contributed by atoms with Crippen molar-refractivity contribution in [3.63, 3.8) is 0 Å². The van der Waals surface area contributed by atoms with E-state index in [1.54, 1.807) is 24.3 Å². The molecule has 1 aromatic heterocycles. The quantitative estimate of drug-likeness (QED) is 0.765. The number of ether oxygens (including phenoxy) is 1. The highest BCUT2D eigenvalue weighted by Crippen LogP contribution is 2.21. The Balaban J connectivity index is 1.95. The van der Waals surface area contributed by atoms with Crippen molar-refractivity contribution in [3.05, 3.63) is 45.9 Å². The van der Waals surface area contributed by atoms with Gasteiger partial charge in [0, 0.05) is 17.5 Å². The first kappa shape index (κ1) is 17.8. The van der Waals surface area contributed by atoms with Gasteiger partial charge in [-0.3, -0.25) is 4.79 Å². The lowest BCUT2D eigenvalue weighted by molar-refractivity contribution is 0.0946. The van der Waals surface area contributed by atoms with Crippen LogP contribution in [0.2, 0.25) is 0 Å². The molecule has 3 N–H and O–H groups in total. The molecule has 0 aliphatic heterocycles. The summed E-state index contributed by atoms with van der Waals surface area (Å²) in [5.41, 5.74) is 7.43. The number of nitrogens with two attached hydrogens (primary N) is 1. The van der Waals surface area contributed by atoms with Crippen LogP contribution in [0.5, 0.6) is 5.75 Å². The molecule has 23 heavy (non-hydrogen) atoms. The Labute approximate surface area is 144 Å². The number of nitrogens with zero attached hydrogens (tertiary/aromatic N) is 1. The molecule has 0 spiro atoms. The van der Waals surface area contributed by atoms with E-state index >= 15 is 0 Å². The fourth-order valence-corrected chi connectivity index (χ4v) is 3.37. The molecule has 1 amide bonds. The standard InChI is InChI=1S/C16H21N3O2S2/c1-21-14-6-4-3-5-11(14)9-18-15(20)13-10-23-16(19-13)12(17)7-8-22-2/h3-6,10,12H,7-9,17H2,1-2H3,(H,18,20). The van der Waals surface area contributed by atoms with Crippen LogP contribution in [0.4, 0.5) is 0 Å². The summed E-state index contributed by atoms with van der Waals surface area (Å²) in [7, 11) is 1.61. The largest absolute Gasteiger partial charge is 0.496 e. The molecule has 1 aromatic carbocycles. The molecule has 0 saturated carbocycles. The zero-order valence-corrected chi connectivity index (χ0v) is 14.9. The van der Waals surface area contributed by atoms with Crippen LogP contribution in [0, 0.1) is 0 Å². The number of thioether (sulfide) groups is 1. The SMILES string of the molecule is COc1ccccc1CNC(=O)c1csc(C(N)CCSC)n1. The van der Waals surface area contributed by atoms with Crippen LogP contribution in [-0.4, -0.2) is 30.0 Å². The van der Waals surface area contributed by atoms with E-state index in [9.17, 15) is 4.79 Å². The maximum Gasteiger partial charge on any atom is 0.271 e. The molecule has 0 saturated heterocycles. The second kappa shape index (κ2) is 8.90. The fraction of sp³-hybridized carbons (Fsp3) is 0.375. The molecular formula is C16H21N3O2S2. The first-order chi connectivity index (χ1) is 11.2. The van der Waals surface area contributed by atoms with Gasteiger partial charge in [-0.05, 0) is 24.5 Å². The van der Waals surface area contributed by atoms with Crippen LogP contribution < -0.4 is 15.8 Å². The summed E-state index contributed by atoms with van der Waals surface area (Å²) in [4.78, 5) is 16.6. The van der Waals surface area contributed by atoms with Gasteiger partial charge >= 0.3 is 0 Å². The van der Waals surface area contributed by atoms with Gasteiger partial charge in [0.15, 0.2) is 0 Å². The summed E-state index contributed by atoms with van der Waals surface area (Å²) < 4.78 is 5.27. The summed E-state index contributed by atoms with van der Waals surface area (Å²) in [6, 6.07) is 7.49. The molecule has 0 bridgehead atoms. The van der Waals surface area contributed by atoms with Gasteiger partial charge in [-0.2, -0.15) is 11.8 Å². The first-order valence-corrected chi connectivity index (χ1v) is 9.53. The number of hydrogen-bond acceptors (Lipinski definition) is 6. The second-order valence-corrected chi connectivity index (χ2v) is 6.83. The molecule has 2 rings (SSSR count). The van der Waals surface area contributed by atoms with E-state index in [0.717, 1.165) is 28.5 Å². The van der Waals surface area contributed by atoms with Gasteiger partial charge < -0.3 is 15.8 Å². The van der Waals surface area contributed by atoms with Gasteiger partial charge in [-0.15, -0.1) is 11.3 Å². The molecule has 5 nitrogen and oxygen atoms in total. The molecule has 0 fully saturated rings. The summed E-state index contributed by atoms with van der Waals surface area (Å²) in [5, 5.41) is 5.43. The Morgan fingerprint density at radius 1 is 1.48 bits per heavy atom. The number of carbonyl (C=O) groups excluding carboxylic acids is 1. The minimum absolute atomic E-state index is 0.108. The number of para-hydroxylation sites is 1. The molecule has 1 heterocycles. The average molecular weight is 351 g/mol. The predicted octanol–water partition coefficient (Wildman–Crippen LogP) is 2.83. The van der Waals surface area contributed by atoms with Crippen molar-refractivity contribution in [2.45, 2.75) is 19.0 Å². The van der Waals surface area contributed by atoms with Crippen molar-refractivity contribution in [1.29, 1.82) is 0 Å². The first-order valence-electron chi connectivity index (χ1n) is 7.25.